The van der Waals surface area contributed by atoms with Crippen molar-refractivity contribution in [1.29, 1.82) is 0 Å². The molecule has 2 aromatic carbocycles. The number of benzene rings is 2. The van der Waals surface area contributed by atoms with Crippen molar-refractivity contribution >= 4 is 32.3 Å². The fourth-order valence-corrected chi connectivity index (χ4v) is 6.68. The van der Waals surface area contributed by atoms with Crippen molar-refractivity contribution in [2.75, 3.05) is 30.3 Å². The summed E-state index contributed by atoms with van der Waals surface area (Å²) in [5.41, 5.74) is 3.22. The topological polar surface area (TPSA) is 124 Å². The molecule has 0 radical (unpaired) electrons. The average molecular weight is 574 g/mol. The molecule has 1 amide bonds. The molecule has 4 aromatic rings. The number of fused-ring (bicyclic) bond motifs is 2. The van der Waals surface area contributed by atoms with Crippen molar-refractivity contribution in [3.63, 3.8) is 0 Å². The Morgan fingerprint density at radius 2 is 1.85 bits per heavy atom. The zero-order chi connectivity index (χ0) is 28.6. The minimum atomic E-state index is -3.50. The van der Waals surface area contributed by atoms with Crippen molar-refractivity contribution in [2.45, 2.75) is 44.1 Å². The summed E-state index contributed by atoms with van der Waals surface area (Å²) in [6.07, 6.45) is 5.56. The number of aromatic nitrogens is 3. The number of pyridine rings is 1. The lowest BCUT2D eigenvalue weighted by atomic mass is 10.1. The zero-order valence-electron chi connectivity index (χ0n) is 22.9. The number of nitrogens with one attached hydrogen (secondary N) is 1. The minimum Gasteiger partial charge on any atom is -0.376 e. The highest BCUT2D eigenvalue weighted by molar-refractivity contribution is 7.91. The van der Waals surface area contributed by atoms with Gasteiger partial charge in [-0.15, -0.1) is 0 Å². The van der Waals surface area contributed by atoms with Gasteiger partial charge in [0, 0.05) is 35.8 Å². The lowest BCUT2D eigenvalue weighted by Crippen LogP contribution is -2.45. The first kappa shape index (κ1) is 27.3. The van der Waals surface area contributed by atoms with Gasteiger partial charge in [-0.3, -0.25) is 14.8 Å². The lowest BCUT2D eigenvalue weighted by molar-refractivity contribution is -0.00547. The Bertz CT molecular complexity index is 1720. The highest BCUT2D eigenvalue weighted by atomic mass is 32.2. The van der Waals surface area contributed by atoms with Crippen molar-refractivity contribution in [1.82, 2.24) is 20.3 Å². The number of nitrogens with zero attached hydrogens (tertiary/aromatic N) is 4. The molecule has 6 rings (SSSR count). The number of hydrogen-bond acceptors (Lipinski definition) is 9. The maximum Gasteiger partial charge on any atom is 0.251 e. The van der Waals surface area contributed by atoms with Crippen LogP contribution in [0.4, 0.5) is 5.82 Å². The summed E-state index contributed by atoms with van der Waals surface area (Å²) < 4.78 is 36.4. The second kappa shape index (κ2) is 11.2. The highest BCUT2D eigenvalue weighted by Gasteiger charge is 2.25. The fourth-order valence-electron chi connectivity index (χ4n) is 5.29. The largest absolute Gasteiger partial charge is 0.376 e. The number of carbonyl (C=O) groups is 1. The highest BCUT2D eigenvalue weighted by Crippen LogP contribution is 2.26. The molecule has 2 aliphatic heterocycles. The summed E-state index contributed by atoms with van der Waals surface area (Å²) in [4.78, 5) is 29.1. The van der Waals surface area contributed by atoms with Crippen LogP contribution < -0.4 is 10.2 Å². The summed E-state index contributed by atoms with van der Waals surface area (Å²) in [6.45, 7) is 6.18. The van der Waals surface area contributed by atoms with Gasteiger partial charge in [0.1, 0.15) is 5.82 Å². The molecule has 212 valence electrons. The van der Waals surface area contributed by atoms with Crippen LogP contribution in [0.25, 0.3) is 22.0 Å². The molecule has 0 aliphatic carbocycles. The van der Waals surface area contributed by atoms with E-state index >= 15 is 0 Å². The third kappa shape index (κ3) is 5.92. The third-order valence-corrected chi connectivity index (χ3v) is 9.04. The molecule has 1 fully saturated rings. The number of carbonyl (C=O) groups excluding carboxylic acids is 1. The molecule has 1 saturated heterocycles. The molecule has 11 heteroatoms. The first-order valence-corrected chi connectivity index (χ1v) is 15.2. The molecule has 0 bridgehead atoms. The first-order valence-electron chi connectivity index (χ1n) is 13.6. The third-order valence-electron chi connectivity index (χ3n) is 7.29. The molecular formula is C30H31N5O5S. The number of amides is 1. The van der Waals surface area contributed by atoms with E-state index in [4.69, 9.17) is 14.5 Å². The molecule has 0 saturated carbocycles. The molecule has 41 heavy (non-hydrogen) atoms. The average Bonchev–Trinajstić information content (AvgIpc) is 3.12. The van der Waals surface area contributed by atoms with Gasteiger partial charge in [0.25, 0.3) is 5.91 Å². The Labute approximate surface area is 238 Å². The molecule has 1 N–H and O–H groups in total. The van der Waals surface area contributed by atoms with Gasteiger partial charge in [0.15, 0.2) is 9.84 Å². The molecule has 2 aromatic heterocycles. The van der Waals surface area contributed by atoms with Gasteiger partial charge in [-0.25, -0.2) is 13.4 Å². The Balaban J connectivity index is 1.19. The van der Waals surface area contributed by atoms with Gasteiger partial charge >= 0.3 is 0 Å². The van der Waals surface area contributed by atoms with E-state index in [-0.39, 0.29) is 54.1 Å². The quantitative estimate of drug-likeness (QED) is 0.382. The van der Waals surface area contributed by atoms with Crippen LogP contribution in [0.3, 0.4) is 0 Å². The van der Waals surface area contributed by atoms with Gasteiger partial charge in [0.05, 0.1) is 66.4 Å². The number of anilines is 1. The lowest BCUT2D eigenvalue weighted by Gasteiger charge is -2.35. The van der Waals surface area contributed by atoms with E-state index in [0.29, 0.717) is 11.3 Å². The van der Waals surface area contributed by atoms with Crippen LogP contribution in [-0.2, 0) is 32.5 Å². The van der Waals surface area contributed by atoms with Crippen molar-refractivity contribution < 1.29 is 22.7 Å². The number of sulfone groups is 1. The molecule has 4 heterocycles. The summed E-state index contributed by atoms with van der Waals surface area (Å²) in [6, 6.07) is 12.7. The second-order valence-corrected chi connectivity index (χ2v) is 12.6. The Hall–Kier alpha value is -3.93. The van der Waals surface area contributed by atoms with E-state index in [1.54, 1.807) is 30.7 Å². The summed E-state index contributed by atoms with van der Waals surface area (Å²) in [7, 11) is -3.50. The van der Waals surface area contributed by atoms with Crippen molar-refractivity contribution in [3.05, 3.63) is 77.9 Å². The molecule has 0 spiro atoms. The first-order chi connectivity index (χ1) is 19.7. The van der Waals surface area contributed by atoms with Crippen LogP contribution in [0, 0.1) is 0 Å². The standard InChI is InChI=1S/C30H31N5O5S/c1-19-16-35(17-20(2)40-19)29-15-31-14-27(34-29)21-3-5-23-12-32-26(10-25(23)9-21)13-33-30(36)22-4-6-24-18-39-7-8-41(37,38)28(24)11-22/h3-6,9-12,14-15,19-20H,7-8,13,16-18H2,1-2H3,(H,33,36)/t19-,20+. The number of ether oxygens (including phenoxy) is 2. The van der Waals surface area contributed by atoms with Gasteiger partial charge in [-0.05, 0) is 49.1 Å². The summed E-state index contributed by atoms with van der Waals surface area (Å²) >= 11 is 0. The summed E-state index contributed by atoms with van der Waals surface area (Å²) in [5.74, 6) is 0.346. The van der Waals surface area contributed by atoms with Crippen molar-refractivity contribution in [2.24, 2.45) is 0 Å². The molecule has 2 atom stereocenters. The number of rotatable bonds is 5. The van der Waals surface area contributed by atoms with E-state index in [1.807, 2.05) is 24.3 Å². The van der Waals surface area contributed by atoms with Crippen LogP contribution in [0.15, 0.2) is 66.0 Å². The van der Waals surface area contributed by atoms with E-state index in [9.17, 15) is 13.2 Å². The van der Waals surface area contributed by atoms with Crippen molar-refractivity contribution in [3.8, 4) is 11.3 Å². The van der Waals surface area contributed by atoms with Crippen LogP contribution in [0.1, 0.15) is 35.5 Å². The Morgan fingerprint density at radius 3 is 2.68 bits per heavy atom. The van der Waals surface area contributed by atoms with Crippen LogP contribution in [0.2, 0.25) is 0 Å². The van der Waals surface area contributed by atoms with E-state index < -0.39 is 9.84 Å². The second-order valence-electron chi connectivity index (χ2n) is 10.5. The van der Waals surface area contributed by atoms with Crippen LogP contribution >= 0.6 is 0 Å². The van der Waals surface area contributed by atoms with E-state index in [1.165, 1.54) is 6.07 Å². The monoisotopic (exact) mass is 573 g/mol. The molecule has 10 nitrogen and oxygen atoms in total. The van der Waals surface area contributed by atoms with Gasteiger partial charge in [-0.2, -0.15) is 0 Å². The smallest absolute Gasteiger partial charge is 0.251 e. The van der Waals surface area contributed by atoms with Gasteiger partial charge in [-0.1, -0.05) is 18.2 Å². The van der Waals surface area contributed by atoms with Gasteiger partial charge in [0.2, 0.25) is 0 Å². The zero-order valence-corrected chi connectivity index (χ0v) is 23.7. The van der Waals surface area contributed by atoms with Crippen LogP contribution in [-0.4, -0.2) is 66.9 Å². The fraction of sp³-hybridized carbons (Fsp3) is 0.333. The molecule has 0 unspecified atom stereocenters. The van der Waals surface area contributed by atoms with Crippen LogP contribution in [0.5, 0.6) is 0 Å². The SMILES string of the molecule is C[C@@H]1CN(c2cncc(-c3ccc4cnc(CNC(=O)c5ccc6c(c5)S(=O)(=O)CCOC6)cc4c3)n2)C[C@H](C)O1. The Kier molecular flexibility index (Phi) is 7.41. The predicted molar refractivity (Wildman–Crippen MR) is 154 cm³/mol. The maximum atomic E-state index is 12.9. The van der Waals surface area contributed by atoms with E-state index in [0.717, 1.165) is 40.9 Å². The van der Waals surface area contributed by atoms with E-state index in [2.05, 4.69) is 34.0 Å². The minimum absolute atomic E-state index is 0.102. The predicted octanol–water partition coefficient (Wildman–Crippen LogP) is 3.54. The normalized spacial score (nSPS) is 20.3. The summed E-state index contributed by atoms with van der Waals surface area (Å²) in [5, 5.41) is 4.78. The van der Waals surface area contributed by atoms with Gasteiger partial charge < -0.3 is 19.7 Å². The number of morpholine rings is 1. The molecule has 2 aliphatic rings. The maximum absolute atomic E-state index is 12.9. The Morgan fingerprint density at radius 1 is 1.02 bits per heavy atom. The number of hydrogen-bond donors (Lipinski definition) is 1. The molecular weight excluding hydrogens is 542 g/mol.